The molecule has 0 spiro atoms. The van der Waals surface area contributed by atoms with E-state index in [1.807, 2.05) is 0 Å². The fraction of sp³-hybridized carbons (Fsp3) is 0.154. The van der Waals surface area contributed by atoms with Crippen LogP contribution < -0.4 is 0 Å². The second-order valence-electron chi connectivity index (χ2n) is 7.42. The number of hydrogen-bond acceptors (Lipinski definition) is 0. The Labute approximate surface area is 180 Å². The van der Waals surface area contributed by atoms with Gasteiger partial charge in [-0.3, -0.25) is 0 Å². The second kappa shape index (κ2) is 7.21. The molecule has 0 fully saturated rings. The molecule has 27 heavy (non-hydrogen) atoms. The third-order valence-electron chi connectivity index (χ3n) is 5.52. The van der Waals surface area contributed by atoms with Gasteiger partial charge in [0, 0.05) is 0 Å². The predicted molar refractivity (Wildman–Crippen MR) is 112 cm³/mol. The fourth-order valence-electron chi connectivity index (χ4n) is 4.33. The van der Waals surface area contributed by atoms with Crippen molar-refractivity contribution in [1.82, 2.24) is 0 Å². The maximum atomic E-state index is 3.86. The molecule has 0 aromatic heterocycles. The number of fused-ring (bicyclic) bond motifs is 3. The summed E-state index contributed by atoms with van der Waals surface area (Å²) in [5.41, 5.74) is 13.4. The van der Waals surface area contributed by atoms with Gasteiger partial charge in [-0.25, -0.2) is 0 Å². The van der Waals surface area contributed by atoms with Gasteiger partial charge < -0.3 is 0 Å². The Morgan fingerprint density at radius 3 is 2.07 bits per heavy atom. The smallest absolute Gasteiger partial charge is 0.115 e. The quantitative estimate of drug-likeness (QED) is 0.389. The molecule has 0 bridgehead atoms. The summed E-state index contributed by atoms with van der Waals surface area (Å²) in [4.78, 5) is 0. The molecule has 2 aromatic carbocycles. The fourth-order valence-corrected chi connectivity index (χ4v) is 4.33. The van der Waals surface area contributed by atoms with Gasteiger partial charge in [-0.05, 0) is 12.8 Å². The molecule has 3 aliphatic rings. The number of rotatable bonds is 2. The largest absolute Gasteiger partial charge is 2.00 e. The molecule has 0 amide bonds. The zero-order valence-corrected chi connectivity index (χ0v) is 18.2. The topological polar surface area (TPSA) is 0 Å². The van der Waals surface area contributed by atoms with Crippen LogP contribution in [-0.2, 0) is 26.2 Å². The van der Waals surface area contributed by atoms with Crippen LogP contribution in [0, 0.1) is 6.07 Å². The van der Waals surface area contributed by atoms with Crippen molar-refractivity contribution in [2.75, 3.05) is 0 Å². The maximum Gasteiger partial charge on any atom is 2.00 e. The van der Waals surface area contributed by atoms with Gasteiger partial charge in [-0.1, -0.05) is 108 Å². The molecule has 0 atom stereocenters. The molecular weight excluding hydrogens is 404 g/mol. The van der Waals surface area contributed by atoms with E-state index in [4.69, 9.17) is 0 Å². The molecular formula is C26H21Zr+. The van der Waals surface area contributed by atoms with Crippen molar-refractivity contribution < 1.29 is 26.2 Å². The van der Waals surface area contributed by atoms with Crippen molar-refractivity contribution in [2.24, 2.45) is 0 Å². The molecule has 0 N–H and O–H groups in total. The normalized spacial score (nSPS) is 16.0. The van der Waals surface area contributed by atoms with Gasteiger partial charge >= 0.3 is 26.2 Å². The summed E-state index contributed by atoms with van der Waals surface area (Å²) in [6, 6.07) is 15.0. The first kappa shape index (κ1) is 18.4. The Kier molecular flexibility index (Phi) is 4.91. The minimum Gasteiger partial charge on any atom is -0.115 e. The summed E-state index contributed by atoms with van der Waals surface area (Å²) in [6.45, 7) is 4.42. The Hall–Kier alpha value is -1.98. The molecule has 3 aliphatic carbocycles. The summed E-state index contributed by atoms with van der Waals surface area (Å²) in [7, 11) is 0. The first-order valence-corrected chi connectivity index (χ1v) is 9.34. The van der Waals surface area contributed by atoms with Crippen molar-refractivity contribution in [3.05, 3.63) is 101 Å². The molecule has 5 rings (SSSR count). The third kappa shape index (κ3) is 2.93. The second-order valence-corrected chi connectivity index (χ2v) is 7.42. The third-order valence-corrected chi connectivity index (χ3v) is 5.52. The molecule has 1 heteroatoms. The number of allylic oxidation sites excluding steroid dienone is 9. The van der Waals surface area contributed by atoms with Gasteiger partial charge in [-0.15, -0.1) is 34.4 Å². The maximum absolute atomic E-state index is 3.86. The molecule has 0 saturated carbocycles. The van der Waals surface area contributed by atoms with E-state index < -0.39 is 0 Å². The molecule has 128 valence electrons. The SMILES string of the molecule is CC(C)=C1c2[c-]c(C3=CC=CC3)c(C3=CC=CC3)cc2-c2ccccc21.[Zr+2]. The van der Waals surface area contributed by atoms with E-state index in [0.29, 0.717) is 0 Å². The molecule has 0 saturated heterocycles. The molecule has 0 aliphatic heterocycles. The van der Waals surface area contributed by atoms with Crippen LogP contribution >= 0.6 is 0 Å². The van der Waals surface area contributed by atoms with Crippen molar-refractivity contribution in [3.8, 4) is 11.1 Å². The van der Waals surface area contributed by atoms with Crippen LogP contribution in [0.5, 0.6) is 0 Å². The summed E-state index contributed by atoms with van der Waals surface area (Å²) < 4.78 is 0. The van der Waals surface area contributed by atoms with Gasteiger partial charge in [-0.2, -0.15) is 0 Å². The average Bonchev–Trinajstić information content (AvgIpc) is 3.39. The van der Waals surface area contributed by atoms with E-state index in [-0.39, 0.29) is 26.2 Å². The molecule has 0 unspecified atom stereocenters. The van der Waals surface area contributed by atoms with Gasteiger partial charge in [0.1, 0.15) is 0 Å². The zero-order chi connectivity index (χ0) is 17.7. The van der Waals surface area contributed by atoms with Crippen LogP contribution in [-0.4, -0.2) is 0 Å². The van der Waals surface area contributed by atoms with Crippen LogP contribution in [0.25, 0.3) is 27.8 Å². The minimum atomic E-state index is 0. The number of hydrogen-bond donors (Lipinski definition) is 0. The number of benzene rings is 2. The molecule has 2 aromatic rings. The Bertz CT molecular complexity index is 1080. The van der Waals surface area contributed by atoms with Crippen molar-refractivity contribution in [3.63, 3.8) is 0 Å². The van der Waals surface area contributed by atoms with Gasteiger partial charge in [0.25, 0.3) is 0 Å². The van der Waals surface area contributed by atoms with Crippen LogP contribution in [0.1, 0.15) is 48.9 Å². The molecule has 0 radical (unpaired) electrons. The van der Waals surface area contributed by atoms with Gasteiger partial charge in [0.15, 0.2) is 0 Å². The van der Waals surface area contributed by atoms with E-state index >= 15 is 0 Å². The molecule has 0 heterocycles. The van der Waals surface area contributed by atoms with E-state index in [0.717, 1.165) is 12.8 Å². The monoisotopic (exact) mass is 423 g/mol. The summed E-state index contributed by atoms with van der Waals surface area (Å²) in [6.07, 6.45) is 15.3. The summed E-state index contributed by atoms with van der Waals surface area (Å²) in [5, 5.41) is 0. The predicted octanol–water partition coefficient (Wildman–Crippen LogP) is 6.99. The first-order chi connectivity index (χ1) is 12.7. The standard InChI is InChI=1S/C26H21.Zr/c1-17(2)26-21-14-8-7-13-20(21)24-15-22(18-9-3-4-10-18)23(16-25(24)26)19-11-5-6-12-19;/h3-9,11,13-15H,10,12H2,1-2H3;/q-1;+2. The van der Waals surface area contributed by atoms with Gasteiger partial charge in [0.05, 0.1) is 0 Å². The van der Waals surface area contributed by atoms with Crippen molar-refractivity contribution in [1.29, 1.82) is 0 Å². The zero-order valence-electron chi connectivity index (χ0n) is 15.8. The molecule has 0 nitrogen and oxygen atoms in total. The van der Waals surface area contributed by atoms with Crippen LogP contribution in [0.3, 0.4) is 0 Å². The van der Waals surface area contributed by atoms with Gasteiger partial charge in [0.2, 0.25) is 0 Å². The first-order valence-electron chi connectivity index (χ1n) is 9.34. The van der Waals surface area contributed by atoms with Crippen LogP contribution in [0.4, 0.5) is 0 Å². The van der Waals surface area contributed by atoms with E-state index in [9.17, 15) is 0 Å². The minimum absolute atomic E-state index is 0. The van der Waals surface area contributed by atoms with E-state index in [2.05, 4.69) is 86.7 Å². The van der Waals surface area contributed by atoms with E-state index in [1.54, 1.807) is 0 Å². The van der Waals surface area contributed by atoms with Crippen molar-refractivity contribution >= 4 is 16.7 Å². The van der Waals surface area contributed by atoms with E-state index in [1.165, 1.54) is 55.7 Å². The van der Waals surface area contributed by atoms with Crippen LogP contribution in [0.2, 0.25) is 0 Å². The Balaban J connectivity index is 0.00000180. The summed E-state index contributed by atoms with van der Waals surface area (Å²) >= 11 is 0. The van der Waals surface area contributed by atoms with Crippen LogP contribution in [0.15, 0.2) is 72.4 Å². The Morgan fingerprint density at radius 1 is 0.778 bits per heavy atom. The Morgan fingerprint density at radius 2 is 1.44 bits per heavy atom. The summed E-state index contributed by atoms with van der Waals surface area (Å²) in [5.74, 6) is 0. The van der Waals surface area contributed by atoms with Crippen molar-refractivity contribution in [2.45, 2.75) is 26.7 Å². The average molecular weight is 425 g/mol.